The summed E-state index contributed by atoms with van der Waals surface area (Å²) in [5.74, 6) is 0.312. The second-order valence-electron chi connectivity index (χ2n) is 4.45. The largest absolute Gasteiger partial charge is 0.299 e. The maximum Gasteiger partial charge on any atom is 0.137 e. The predicted octanol–water partition coefficient (Wildman–Crippen LogP) is 3.78. The lowest BCUT2D eigenvalue weighted by atomic mass is 9.81. The van der Waals surface area contributed by atoms with Gasteiger partial charge in [0.15, 0.2) is 0 Å². The third-order valence-corrected chi connectivity index (χ3v) is 3.37. The molecule has 0 unspecified atom stereocenters. The Morgan fingerprint density at radius 2 is 2.19 bits per heavy atom. The zero-order valence-corrected chi connectivity index (χ0v) is 9.77. The minimum Gasteiger partial charge on any atom is -0.299 e. The van der Waals surface area contributed by atoms with Crippen LogP contribution in [0.4, 0.5) is 4.39 Å². The van der Waals surface area contributed by atoms with Gasteiger partial charge in [0.25, 0.3) is 0 Å². The van der Waals surface area contributed by atoms with Crippen LogP contribution in [-0.2, 0) is 11.2 Å². The molecule has 1 aliphatic rings. The van der Waals surface area contributed by atoms with Crippen molar-refractivity contribution >= 4 is 17.4 Å². The Kier molecular flexibility index (Phi) is 3.59. The lowest BCUT2D eigenvalue weighted by Gasteiger charge is -2.24. The van der Waals surface area contributed by atoms with Crippen molar-refractivity contribution in [1.29, 1.82) is 0 Å². The Hall–Kier alpha value is -0.890. The summed E-state index contributed by atoms with van der Waals surface area (Å²) in [7, 11) is 0. The maximum absolute atomic E-state index is 13.4. The summed E-state index contributed by atoms with van der Waals surface area (Å²) in [6.45, 7) is 0. The number of halogens is 2. The second-order valence-corrected chi connectivity index (χ2v) is 4.89. The fourth-order valence-electron chi connectivity index (χ4n) is 1.98. The summed E-state index contributed by atoms with van der Waals surface area (Å²) in [6.07, 6.45) is 4.27. The minimum absolute atomic E-state index is 0.117. The molecule has 0 aromatic heterocycles. The van der Waals surface area contributed by atoms with Gasteiger partial charge in [-0.2, -0.15) is 0 Å². The first-order chi connectivity index (χ1) is 7.65. The highest BCUT2D eigenvalue weighted by molar-refractivity contribution is 6.30. The van der Waals surface area contributed by atoms with Gasteiger partial charge >= 0.3 is 0 Å². The van der Waals surface area contributed by atoms with Crippen molar-refractivity contribution in [3.63, 3.8) is 0 Å². The molecule has 2 rings (SSSR count). The molecule has 0 amide bonds. The first kappa shape index (κ1) is 11.6. The quantitative estimate of drug-likeness (QED) is 0.783. The third kappa shape index (κ3) is 2.82. The number of carbonyl (C=O) groups is 1. The second kappa shape index (κ2) is 4.96. The molecular weight excluding hydrogens is 227 g/mol. The number of benzene rings is 1. The van der Waals surface area contributed by atoms with Crippen molar-refractivity contribution in [1.82, 2.24) is 0 Å². The molecule has 0 N–H and O–H groups in total. The highest BCUT2D eigenvalue weighted by Gasteiger charge is 2.21. The van der Waals surface area contributed by atoms with Gasteiger partial charge < -0.3 is 0 Å². The summed E-state index contributed by atoms with van der Waals surface area (Å²) in [5, 5.41) is 0.479. The summed E-state index contributed by atoms with van der Waals surface area (Å²) >= 11 is 5.77. The van der Waals surface area contributed by atoms with Crippen molar-refractivity contribution in [3.05, 3.63) is 34.6 Å². The van der Waals surface area contributed by atoms with Gasteiger partial charge in [-0.15, -0.1) is 0 Å². The standard InChI is InChI=1S/C13H14ClFO/c14-11-4-5-13(15)10(7-11)8-12(16)6-9-2-1-3-9/h4-5,7,9H,1-3,6,8H2. The van der Waals surface area contributed by atoms with Crippen molar-refractivity contribution in [2.75, 3.05) is 0 Å². The zero-order chi connectivity index (χ0) is 11.5. The predicted molar refractivity (Wildman–Crippen MR) is 62.1 cm³/mol. The van der Waals surface area contributed by atoms with E-state index < -0.39 is 0 Å². The van der Waals surface area contributed by atoms with Gasteiger partial charge in [0.1, 0.15) is 11.6 Å². The molecular formula is C13H14ClFO. The third-order valence-electron chi connectivity index (χ3n) is 3.14. The molecule has 0 heterocycles. The van der Waals surface area contributed by atoms with E-state index in [0.717, 1.165) is 12.8 Å². The lowest BCUT2D eigenvalue weighted by Crippen LogP contribution is -2.17. The SMILES string of the molecule is O=C(Cc1cc(Cl)ccc1F)CC1CCC1. The van der Waals surface area contributed by atoms with Gasteiger partial charge in [0, 0.05) is 17.9 Å². The molecule has 0 bridgehead atoms. The van der Waals surface area contributed by atoms with Crippen LogP contribution < -0.4 is 0 Å². The normalized spacial score (nSPS) is 15.9. The van der Waals surface area contributed by atoms with Gasteiger partial charge in [-0.05, 0) is 29.7 Å². The Labute approximate surface area is 99.6 Å². The summed E-state index contributed by atoms with van der Waals surface area (Å²) in [5.41, 5.74) is 0.414. The fourth-order valence-corrected chi connectivity index (χ4v) is 2.18. The average Bonchev–Trinajstić information content (AvgIpc) is 2.18. The molecule has 1 saturated carbocycles. The van der Waals surface area contributed by atoms with E-state index in [4.69, 9.17) is 11.6 Å². The molecule has 1 aromatic carbocycles. The number of hydrogen-bond donors (Lipinski definition) is 0. The van der Waals surface area contributed by atoms with Crippen molar-refractivity contribution in [3.8, 4) is 0 Å². The molecule has 1 fully saturated rings. The first-order valence-electron chi connectivity index (χ1n) is 5.61. The number of carbonyl (C=O) groups excluding carboxylic acids is 1. The Morgan fingerprint density at radius 3 is 2.81 bits per heavy atom. The van der Waals surface area contributed by atoms with Crippen LogP contribution in [0.3, 0.4) is 0 Å². The molecule has 1 aromatic rings. The number of hydrogen-bond acceptors (Lipinski definition) is 1. The summed E-state index contributed by atoms with van der Waals surface area (Å²) in [4.78, 5) is 11.7. The van der Waals surface area contributed by atoms with Gasteiger partial charge in [-0.25, -0.2) is 4.39 Å². The molecule has 0 aliphatic heterocycles. The number of ketones is 1. The molecule has 0 radical (unpaired) electrons. The van der Waals surface area contributed by atoms with E-state index in [1.807, 2.05) is 0 Å². The molecule has 1 aliphatic carbocycles. The van der Waals surface area contributed by atoms with Crippen LogP contribution in [-0.4, -0.2) is 5.78 Å². The topological polar surface area (TPSA) is 17.1 Å². The molecule has 3 heteroatoms. The number of Topliss-reactive ketones (excluding diaryl/α,β-unsaturated/α-hetero) is 1. The van der Waals surface area contributed by atoms with Gasteiger partial charge in [0.05, 0.1) is 0 Å². The Bertz CT molecular complexity index is 399. The van der Waals surface area contributed by atoms with E-state index in [-0.39, 0.29) is 18.0 Å². The zero-order valence-electron chi connectivity index (χ0n) is 9.01. The van der Waals surface area contributed by atoms with Crippen LogP contribution in [0, 0.1) is 11.7 Å². The maximum atomic E-state index is 13.4. The van der Waals surface area contributed by atoms with Crippen LogP contribution in [0.25, 0.3) is 0 Å². The monoisotopic (exact) mass is 240 g/mol. The van der Waals surface area contributed by atoms with E-state index in [2.05, 4.69) is 0 Å². The van der Waals surface area contributed by atoms with Crippen LogP contribution >= 0.6 is 11.6 Å². The molecule has 86 valence electrons. The molecule has 16 heavy (non-hydrogen) atoms. The highest BCUT2D eigenvalue weighted by Crippen LogP contribution is 2.30. The van der Waals surface area contributed by atoms with E-state index in [1.165, 1.54) is 24.6 Å². The van der Waals surface area contributed by atoms with Crippen LogP contribution in [0.2, 0.25) is 5.02 Å². The summed E-state index contributed by atoms with van der Waals surface area (Å²) < 4.78 is 13.4. The van der Waals surface area contributed by atoms with Crippen LogP contribution in [0.15, 0.2) is 18.2 Å². The van der Waals surface area contributed by atoms with Gasteiger partial charge in [0.2, 0.25) is 0 Å². The minimum atomic E-state index is -0.341. The van der Waals surface area contributed by atoms with E-state index in [0.29, 0.717) is 22.9 Å². The van der Waals surface area contributed by atoms with Gasteiger partial charge in [-0.3, -0.25) is 4.79 Å². The van der Waals surface area contributed by atoms with Crippen LogP contribution in [0.5, 0.6) is 0 Å². The average molecular weight is 241 g/mol. The highest BCUT2D eigenvalue weighted by atomic mass is 35.5. The van der Waals surface area contributed by atoms with E-state index in [1.54, 1.807) is 0 Å². The lowest BCUT2D eigenvalue weighted by molar-refractivity contribution is -0.119. The number of rotatable bonds is 4. The molecule has 0 atom stereocenters. The smallest absolute Gasteiger partial charge is 0.137 e. The summed E-state index contributed by atoms with van der Waals surface area (Å²) in [6, 6.07) is 4.35. The van der Waals surface area contributed by atoms with Gasteiger partial charge in [-0.1, -0.05) is 30.9 Å². The first-order valence-corrected chi connectivity index (χ1v) is 5.98. The van der Waals surface area contributed by atoms with Crippen molar-refractivity contribution < 1.29 is 9.18 Å². The van der Waals surface area contributed by atoms with E-state index >= 15 is 0 Å². The molecule has 0 spiro atoms. The van der Waals surface area contributed by atoms with Crippen LogP contribution in [0.1, 0.15) is 31.2 Å². The van der Waals surface area contributed by atoms with Crippen molar-refractivity contribution in [2.24, 2.45) is 5.92 Å². The van der Waals surface area contributed by atoms with Crippen molar-refractivity contribution in [2.45, 2.75) is 32.1 Å². The molecule has 1 nitrogen and oxygen atoms in total. The Morgan fingerprint density at radius 1 is 1.44 bits per heavy atom. The molecule has 0 saturated heterocycles. The Balaban J connectivity index is 1.96. The van der Waals surface area contributed by atoms with E-state index in [9.17, 15) is 9.18 Å². The fraction of sp³-hybridized carbons (Fsp3) is 0.462.